The summed E-state index contributed by atoms with van der Waals surface area (Å²) in [5.41, 5.74) is 7.24. The number of nitrogens with zero attached hydrogens (tertiary/aromatic N) is 4. The maximum absolute atomic E-state index is 13.5. The van der Waals surface area contributed by atoms with Gasteiger partial charge in [-0.05, 0) is 63.2 Å². The van der Waals surface area contributed by atoms with E-state index in [0.717, 1.165) is 30.3 Å². The molecule has 2 heterocycles. The van der Waals surface area contributed by atoms with Crippen molar-refractivity contribution in [1.29, 1.82) is 0 Å². The Labute approximate surface area is 211 Å². The molecule has 0 atom stereocenters. The van der Waals surface area contributed by atoms with Gasteiger partial charge < -0.3 is 15.4 Å². The van der Waals surface area contributed by atoms with Crippen LogP contribution in [0.5, 0.6) is 0 Å². The number of aromatic nitrogens is 2. The molecule has 0 saturated carbocycles. The van der Waals surface area contributed by atoms with Gasteiger partial charge in [0.15, 0.2) is 5.78 Å². The highest BCUT2D eigenvalue weighted by Crippen LogP contribution is 2.27. The molecular weight excluding hydrogens is 458 g/mol. The first-order valence-corrected chi connectivity index (χ1v) is 12.1. The number of nitrogens with two attached hydrogens (primary N) is 1. The van der Waals surface area contributed by atoms with E-state index in [1.54, 1.807) is 18.6 Å². The molecule has 1 amide bonds. The first-order chi connectivity index (χ1) is 17.4. The number of primary amides is 1. The molecular formula is C27H35N5O4. The Morgan fingerprint density at radius 3 is 2.50 bits per heavy atom. The number of ketones is 1. The second-order valence-electron chi connectivity index (χ2n) is 8.82. The molecule has 1 saturated heterocycles. The number of likely N-dealkylation sites (tertiary alicyclic amines) is 1. The van der Waals surface area contributed by atoms with Crippen molar-refractivity contribution in [2.45, 2.75) is 39.3 Å². The lowest BCUT2D eigenvalue weighted by molar-refractivity contribution is -0.106. The molecule has 0 spiro atoms. The smallest absolute Gasteiger partial charge is 0.261 e. The van der Waals surface area contributed by atoms with E-state index >= 15 is 0 Å². The van der Waals surface area contributed by atoms with Crippen LogP contribution in [-0.4, -0.2) is 60.5 Å². The summed E-state index contributed by atoms with van der Waals surface area (Å²) in [6.07, 6.45) is 3.90. The lowest BCUT2D eigenvalue weighted by Crippen LogP contribution is -2.34. The fourth-order valence-electron chi connectivity index (χ4n) is 4.40. The van der Waals surface area contributed by atoms with Crippen LogP contribution in [0.1, 0.15) is 42.4 Å². The van der Waals surface area contributed by atoms with Crippen LogP contribution in [0.3, 0.4) is 0 Å². The second-order valence-corrected chi connectivity index (χ2v) is 8.82. The van der Waals surface area contributed by atoms with Gasteiger partial charge >= 0.3 is 0 Å². The normalized spacial score (nSPS) is 13.6. The number of amides is 1. The first-order valence-electron chi connectivity index (χ1n) is 12.1. The fraction of sp³-hybridized carbons (Fsp3) is 0.407. The van der Waals surface area contributed by atoms with Crippen molar-refractivity contribution >= 4 is 34.5 Å². The molecule has 9 nitrogen and oxygen atoms in total. The van der Waals surface area contributed by atoms with Gasteiger partial charge in [-0.25, -0.2) is 4.98 Å². The molecule has 4 rings (SSSR count). The van der Waals surface area contributed by atoms with Gasteiger partial charge in [0.05, 0.1) is 30.6 Å². The largest absolute Gasteiger partial charge is 0.383 e. The van der Waals surface area contributed by atoms with Crippen LogP contribution in [0, 0.1) is 0 Å². The van der Waals surface area contributed by atoms with E-state index in [1.807, 2.05) is 54.4 Å². The van der Waals surface area contributed by atoms with E-state index in [0.29, 0.717) is 36.2 Å². The number of Topliss-reactive ketones (excluding diaryl/α,β-unsaturated/α-hetero) is 1. The number of fused-ring (bicyclic) bond motifs is 1. The number of benzene rings is 2. The van der Waals surface area contributed by atoms with Crippen molar-refractivity contribution in [2.24, 2.45) is 5.73 Å². The SMILES string of the molecule is COCCn1c(CN2CCCCC2)nc2ccc(N(C)c3cccc(C(C)=O)c3)cc2c1=O.NC=O. The topological polar surface area (TPSA) is 111 Å². The Kier molecular flexibility index (Phi) is 9.72. The number of rotatable bonds is 8. The lowest BCUT2D eigenvalue weighted by atomic mass is 10.1. The van der Waals surface area contributed by atoms with Crippen molar-refractivity contribution < 1.29 is 14.3 Å². The molecule has 1 aromatic heterocycles. The van der Waals surface area contributed by atoms with E-state index in [9.17, 15) is 9.59 Å². The highest BCUT2D eigenvalue weighted by atomic mass is 16.5. The molecule has 1 aliphatic rings. The molecule has 1 aliphatic heterocycles. The maximum Gasteiger partial charge on any atom is 0.261 e. The van der Waals surface area contributed by atoms with Crippen molar-refractivity contribution in [3.63, 3.8) is 0 Å². The monoisotopic (exact) mass is 493 g/mol. The van der Waals surface area contributed by atoms with Gasteiger partial charge in [0.1, 0.15) is 5.82 Å². The van der Waals surface area contributed by atoms with Crippen LogP contribution in [0.15, 0.2) is 47.3 Å². The van der Waals surface area contributed by atoms with Crippen molar-refractivity contribution in [3.8, 4) is 0 Å². The Morgan fingerprint density at radius 2 is 1.83 bits per heavy atom. The quantitative estimate of drug-likeness (QED) is 0.379. The Bertz CT molecular complexity index is 1250. The summed E-state index contributed by atoms with van der Waals surface area (Å²) in [7, 11) is 3.58. The molecule has 0 radical (unpaired) electrons. The van der Waals surface area contributed by atoms with Gasteiger partial charge in [0, 0.05) is 31.1 Å². The van der Waals surface area contributed by atoms with E-state index in [2.05, 4.69) is 10.6 Å². The number of carbonyl (C=O) groups is 2. The summed E-state index contributed by atoms with van der Waals surface area (Å²) in [5, 5.41) is 0.584. The third-order valence-electron chi connectivity index (χ3n) is 6.38. The van der Waals surface area contributed by atoms with Gasteiger partial charge in [-0.15, -0.1) is 0 Å². The summed E-state index contributed by atoms with van der Waals surface area (Å²) in [6, 6.07) is 13.3. The van der Waals surface area contributed by atoms with Crippen LogP contribution >= 0.6 is 0 Å². The number of hydrogen-bond acceptors (Lipinski definition) is 7. The summed E-state index contributed by atoms with van der Waals surface area (Å²) in [4.78, 5) is 43.2. The van der Waals surface area contributed by atoms with Crippen molar-refractivity contribution in [3.05, 3.63) is 64.2 Å². The molecule has 36 heavy (non-hydrogen) atoms. The Balaban J connectivity index is 0.00000115. The van der Waals surface area contributed by atoms with Gasteiger partial charge in [0.2, 0.25) is 6.41 Å². The third kappa shape index (κ3) is 6.56. The first kappa shape index (κ1) is 27.0. The van der Waals surface area contributed by atoms with Gasteiger partial charge in [0.25, 0.3) is 5.56 Å². The van der Waals surface area contributed by atoms with Crippen LogP contribution in [0.2, 0.25) is 0 Å². The number of piperidine rings is 1. The zero-order valence-corrected chi connectivity index (χ0v) is 21.3. The number of hydrogen-bond donors (Lipinski definition) is 1. The summed E-state index contributed by atoms with van der Waals surface area (Å²) in [5.74, 6) is 0.817. The average molecular weight is 494 g/mol. The minimum absolute atomic E-state index is 0.0234. The highest BCUT2D eigenvalue weighted by Gasteiger charge is 2.17. The number of carbonyl (C=O) groups excluding carboxylic acids is 2. The van der Waals surface area contributed by atoms with Gasteiger partial charge in [-0.1, -0.05) is 18.6 Å². The highest BCUT2D eigenvalue weighted by molar-refractivity contribution is 5.95. The van der Waals surface area contributed by atoms with Crippen molar-refractivity contribution in [2.75, 3.05) is 38.8 Å². The van der Waals surface area contributed by atoms with Crippen LogP contribution in [0.4, 0.5) is 11.4 Å². The molecule has 2 N–H and O–H groups in total. The molecule has 2 aromatic carbocycles. The van der Waals surface area contributed by atoms with E-state index in [4.69, 9.17) is 14.5 Å². The minimum Gasteiger partial charge on any atom is -0.383 e. The van der Waals surface area contributed by atoms with Crippen LogP contribution in [-0.2, 0) is 22.6 Å². The van der Waals surface area contributed by atoms with E-state index < -0.39 is 0 Å². The van der Waals surface area contributed by atoms with E-state index in [-0.39, 0.29) is 17.8 Å². The zero-order valence-electron chi connectivity index (χ0n) is 21.3. The molecule has 0 aliphatic carbocycles. The van der Waals surface area contributed by atoms with Crippen LogP contribution in [0.25, 0.3) is 10.9 Å². The maximum atomic E-state index is 13.5. The van der Waals surface area contributed by atoms with Crippen LogP contribution < -0.4 is 16.2 Å². The van der Waals surface area contributed by atoms with E-state index in [1.165, 1.54) is 19.3 Å². The zero-order chi connectivity index (χ0) is 26.1. The summed E-state index contributed by atoms with van der Waals surface area (Å²) < 4.78 is 7.04. The minimum atomic E-state index is -0.0446. The lowest BCUT2D eigenvalue weighted by Gasteiger charge is -2.27. The predicted octanol–water partition coefficient (Wildman–Crippen LogP) is 3.10. The molecule has 0 bridgehead atoms. The summed E-state index contributed by atoms with van der Waals surface area (Å²) in [6.45, 7) is 5.25. The Morgan fingerprint density at radius 1 is 1.14 bits per heavy atom. The van der Waals surface area contributed by atoms with Gasteiger partial charge in [-0.2, -0.15) is 0 Å². The second kappa shape index (κ2) is 12.9. The average Bonchev–Trinajstić information content (AvgIpc) is 2.89. The number of ether oxygens (including phenoxy) is 1. The van der Waals surface area contributed by atoms with Gasteiger partial charge in [-0.3, -0.25) is 23.9 Å². The molecule has 0 unspecified atom stereocenters. The summed E-state index contributed by atoms with van der Waals surface area (Å²) >= 11 is 0. The molecule has 1 fully saturated rings. The predicted molar refractivity (Wildman–Crippen MR) is 142 cm³/mol. The standard InChI is InChI=1S/C26H32N4O3.CH3NO/c1-19(31)20-8-7-9-21(16-20)28(2)22-10-11-24-23(17-22)26(32)30(14-15-33-3)25(27-24)18-29-12-5-4-6-13-29;2-1-3/h7-11,16-17H,4-6,12-15,18H2,1-3H3;1H,(H2,2,3). The third-order valence-corrected chi connectivity index (χ3v) is 6.38. The molecule has 9 heteroatoms. The molecule has 3 aromatic rings. The fourth-order valence-corrected chi connectivity index (χ4v) is 4.40. The molecule has 192 valence electrons. The number of methoxy groups -OCH3 is 1. The Hall–Kier alpha value is -3.56. The van der Waals surface area contributed by atoms with Crippen molar-refractivity contribution in [1.82, 2.24) is 14.5 Å². The number of anilines is 2.